The summed E-state index contributed by atoms with van der Waals surface area (Å²) in [5, 5.41) is 8.62. The van der Waals surface area contributed by atoms with Crippen molar-refractivity contribution in [1.82, 2.24) is 4.90 Å². The first-order chi connectivity index (χ1) is 8.33. The van der Waals surface area contributed by atoms with Crippen molar-refractivity contribution < 1.29 is 4.79 Å². The molecule has 0 heterocycles. The fourth-order valence-corrected chi connectivity index (χ4v) is 2.27. The Bertz CT molecular complexity index is 323. The van der Waals surface area contributed by atoms with Crippen LogP contribution in [0.25, 0.3) is 0 Å². The molecule has 4 nitrogen and oxygen atoms in total. The van der Waals surface area contributed by atoms with Crippen LogP contribution in [0, 0.1) is 16.7 Å². The first-order valence-electron chi connectivity index (χ1n) is 6.75. The highest BCUT2D eigenvalue weighted by molar-refractivity contribution is 5.77. The number of hydrogen-bond acceptors (Lipinski definition) is 3. The SMILES string of the molecule is CC(C)(C)CC(N)CC(=O)N(CCC#N)C1CC1. The Kier molecular flexibility index (Phi) is 5.15. The van der Waals surface area contributed by atoms with Crippen molar-refractivity contribution in [2.75, 3.05) is 6.54 Å². The molecule has 2 N–H and O–H groups in total. The molecule has 1 fully saturated rings. The summed E-state index contributed by atoms with van der Waals surface area (Å²) < 4.78 is 0. The maximum absolute atomic E-state index is 12.2. The van der Waals surface area contributed by atoms with E-state index in [1.807, 2.05) is 4.90 Å². The van der Waals surface area contributed by atoms with Gasteiger partial charge in [0.2, 0.25) is 5.91 Å². The van der Waals surface area contributed by atoms with Crippen LogP contribution in [0.2, 0.25) is 0 Å². The minimum Gasteiger partial charge on any atom is -0.339 e. The third kappa shape index (κ3) is 5.50. The van der Waals surface area contributed by atoms with Crippen LogP contribution in [0.5, 0.6) is 0 Å². The van der Waals surface area contributed by atoms with Gasteiger partial charge in [0.15, 0.2) is 0 Å². The molecular weight excluding hydrogens is 226 g/mol. The zero-order valence-electron chi connectivity index (χ0n) is 11.8. The van der Waals surface area contributed by atoms with Crippen molar-refractivity contribution in [3.05, 3.63) is 0 Å². The third-order valence-electron chi connectivity index (χ3n) is 3.08. The maximum atomic E-state index is 12.2. The van der Waals surface area contributed by atoms with E-state index in [-0.39, 0.29) is 17.4 Å². The lowest BCUT2D eigenvalue weighted by atomic mass is 9.87. The van der Waals surface area contributed by atoms with Gasteiger partial charge in [0.25, 0.3) is 0 Å². The third-order valence-corrected chi connectivity index (χ3v) is 3.08. The Morgan fingerprint density at radius 3 is 2.56 bits per heavy atom. The van der Waals surface area contributed by atoms with Crippen molar-refractivity contribution in [3.63, 3.8) is 0 Å². The Balaban J connectivity index is 2.43. The van der Waals surface area contributed by atoms with Gasteiger partial charge in [-0.1, -0.05) is 20.8 Å². The van der Waals surface area contributed by atoms with Crippen molar-refractivity contribution in [2.24, 2.45) is 11.1 Å². The molecule has 0 aromatic rings. The molecule has 0 aromatic heterocycles. The van der Waals surface area contributed by atoms with E-state index in [2.05, 4.69) is 26.8 Å². The van der Waals surface area contributed by atoms with Crippen LogP contribution in [0.4, 0.5) is 0 Å². The predicted molar refractivity (Wildman–Crippen MR) is 71.6 cm³/mol. The summed E-state index contributed by atoms with van der Waals surface area (Å²) in [6.45, 7) is 6.95. The van der Waals surface area contributed by atoms with Crippen molar-refractivity contribution in [1.29, 1.82) is 5.26 Å². The van der Waals surface area contributed by atoms with Crippen molar-refractivity contribution >= 4 is 5.91 Å². The van der Waals surface area contributed by atoms with Gasteiger partial charge in [-0.2, -0.15) is 5.26 Å². The van der Waals surface area contributed by atoms with E-state index >= 15 is 0 Å². The Morgan fingerprint density at radius 1 is 1.50 bits per heavy atom. The van der Waals surface area contributed by atoms with Gasteiger partial charge in [-0.15, -0.1) is 0 Å². The summed E-state index contributed by atoms with van der Waals surface area (Å²) in [7, 11) is 0. The molecule has 0 radical (unpaired) electrons. The van der Waals surface area contributed by atoms with Crippen molar-refractivity contribution in [2.45, 2.75) is 65.0 Å². The van der Waals surface area contributed by atoms with Gasteiger partial charge < -0.3 is 10.6 Å². The molecule has 0 spiro atoms. The molecule has 1 saturated carbocycles. The predicted octanol–water partition coefficient (Wildman–Crippen LogP) is 2.04. The second-order valence-electron chi connectivity index (χ2n) is 6.46. The topological polar surface area (TPSA) is 70.1 Å². The maximum Gasteiger partial charge on any atom is 0.224 e. The van der Waals surface area contributed by atoms with Crippen LogP contribution >= 0.6 is 0 Å². The van der Waals surface area contributed by atoms with E-state index in [9.17, 15) is 4.79 Å². The van der Waals surface area contributed by atoms with Crippen LogP contribution in [-0.4, -0.2) is 29.4 Å². The van der Waals surface area contributed by atoms with E-state index in [4.69, 9.17) is 11.0 Å². The molecule has 0 saturated heterocycles. The molecular formula is C14H25N3O. The first kappa shape index (κ1) is 15.0. The summed E-state index contributed by atoms with van der Waals surface area (Å²) in [5.74, 6) is 0.115. The van der Waals surface area contributed by atoms with Gasteiger partial charge in [-0.05, 0) is 24.7 Å². The van der Waals surface area contributed by atoms with Gasteiger partial charge in [0.05, 0.1) is 12.5 Å². The highest BCUT2D eigenvalue weighted by Gasteiger charge is 2.32. The number of nitrogens with zero attached hydrogens (tertiary/aromatic N) is 2. The minimum absolute atomic E-state index is 0.0826. The normalized spacial score (nSPS) is 17.1. The number of nitriles is 1. The summed E-state index contributed by atoms with van der Waals surface area (Å²) in [6, 6.07) is 2.39. The molecule has 1 atom stereocenters. The highest BCUT2D eigenvalue weighted by atomic mass is 16.2. The van der Waals surface area contributed by atoms with Crippen LogP contribution in [0.1, 0.15) is 52.9 Å². The summed E-state index contributed by atoms with van der Waals surface area (Å²) in [5.41, 5.74) is 6.18. The lowest BCUT2D eigenvalue weighted by Crippen LogP contribution is -2.39. The summed E-state index contributed by atoms with van der Waals surface area (Å²) in [6.07, 6.45) is 3.81. The van der Waals surface area contributed by atoms with Gasteiger partial charge in [-0.3, -0.25) is 4.79 Å². The molecule has 18 heavy (non-hydrogen) atoms. The first-order valence-corrected chi connectivity index (χ1v) is 6.75. The highest BCUT2D eigenvalue weighted by Crippen LogP contribution is 2.28. The van der Waals surface area contributed by atoms with Gasteiger partial charge in [-0.25, -0.2) is 0 Å². The van der Waals surface area contributed by atoms with Crippen molar-refractivity contribution in [3.8, 4) is 6.07 Å². The van der Waals surface area contributed by atoms with E-state index in [0.29, 0.717) is 25.4 Å². The molecule has 0 bridgehead atoms. The second kappa shape index (κ2) is 6.19. The van der Waals surface area contributed by atoms with Crippen LogP contribution in [0.15, 0.2) is 0 Å². The quantitative estimate of drug-likeness (QED) is 0.785. The molecule has 4 heteroatoms. The number of rotatable bonds is 6. The smallest absolute Gasteiger partial charge is 0.224 e. The molecule has 102 valence electrons. The zero-order chi connectivity index (χ0) is 13.8. The molecule has 1 aliphatic rings. The van der Waals surface area contributed by atoms with E-state index in [1.165, 1.54) is 0 Å². The van der Waals surface area contributed by atoms with Gasteiger partial charge in [0.1, 0.15) is 0 Å². The fraction of sp³-hybridized carbons (Fsp3) is 0.857. The van der Waals surface area contributed by atoms with Crippen LogP contribution in [-0.2, 0) is 4.79 Å². The number of carbonyl (C=O) groups is 1. The largest absolute Gasteiger partial charge is 0.339 e. The van der Waals surface area contributed by atoms with Crippen LogP contribution < -0.4 is 5.73 Å². The monoisotopic (exact) mass is 251 g/mol. The summed E-state index contributed by atoms with van der Waals surface area (Å²) >= 11 is 0. The van der Waals surface area contributed by atoms with E-state index in [0.717, 1.165) is 19.3 Å². The number of nitrogens with two attached hydrogens (primary N) is 1. The Morgan fingerprint density at radius 2 is 2.11 bits per heavy atom. The molecule has 1 aliphatic carbocycles. The number of hydrogen-bond donors (Lipinski definition) is 1. The summed E-state index contributed by atoms with van der Waals surface area (Å²) in [4.78, 5) is 14.0. The molecule has 0 aromatic carbocycles. The standard InChI is InChI=1S/C14H25N3O/c1-14(2,3)10-11(16)9-13(18)17(8-4-7-15)12-5-6-12/h11-12H,4-6,8-10,16H2,1-3H3. The average molecular weight is 251 g/mol. The van der Waals surface area contributed by atoms with Gasteiger partial charge >= 0.3 is 0 Å². The minimum atomic E-state index is -0.0826. The Hall–Kier alpha value is -1.08. The number of amides is 1. The van der Waals surface area contributed by atoms with E-state index < -0.39 is 0 Å². The fourth-order valence-electron chi connectivity index (χ4n) is 2.27. The molecule has 1 rings (SSSR count). The zero-order valence-corrected chi connectivity index (χ0v) is 11.8. The van der Waals surface area contributed by atoms with E-state index in [1.54, 1.807) is 0 Å². The molecule has 1 unspecified atom stereocenters. The second-order valence-corrected chi connectivity index (χ2v) is 6.46. The number of carbonyl (C=O) groups excluding carboxylic acids is 1. The lowest BCUT2D eigenvalue weighted by Gasteiger charge is -2.26. The average Bonchev–Trinajstić information content (AvgIpc) is 2.99. The molecule has 1 amide bonds. The Labute approximate surface area is 110 Å². The van der Waals surface area contributed by atoms with Gasteiger partial charge in [0, 0.05) is 25.0 Å². The lowest BCUT2D eigenvalue weighted by molar-refractivity contribution is -0.132. The molecule has 0 aliphatic heterocycles. The van der Waals surface area contributed by atoms with Crippen LogP contribution in [0.3, 0.4) is 0 Å².